The van der Waals surface area contributed by atoms with Crippen molar-refractivity contribution in [2.24, 2.45) is 0 Å². The first-order chi connectivity index (χ1) is 7.18. The third kappa shape index (κ3) is 2.76. The van der Waals surface area contributed by atoms with Crippen molar-refractivity contribution in [2.45, 2.75) is 26.8 Å². The van der Waals surface area contributed by atoms with Crippen molar-refractivity contribution in [2.75, 3.05) is 19.8 Å². The summed E-state index contributed by atoms with van der Waals surface area (Å²) in [5.74, 6) is 0. The Morgan fingerprint density at radius 2 is 1.81 bits per heavy atom. The van der Waals surface area contributed by atoms with Crippen LogP contribution in [0.15, 0.2) is 12.1 Å². The Bertz CT molecular complexity index is 336. The third-order valence-corrected chi connectivity index (χ3v) is 3.01. The molecule has 1 aromatic carbocycles. The molecule has 0 spiro atoms. The first-order valence-corrected chi connectivity index (χ1v) is 5.57. The second kappa shape index (κ2) is 5.67. The van der Waals surface area contributed by atoms with E-state index in [1.165, 1.54) is 22.3 Å². The normalized spacial score (nSPS) is 20.3. The van der Waals surface area contributed by atoms with E-state index in [1.54, 1.807) is 0 Å². The number of halogens is 1. The number of aryl methyl sites for hydroxylation is 3. The topological polar surface area (TPSA) is 21.3 Å². The van der Waals surface area contributed by atoms with Gasteiger partial charge in [-0.3, -0.25) is 0 Å². The number of nitrogens with one attached hydrogen (secondary N) is 1. The fourth-order valence-corrected chi connectivity index (χ4v) is 2.49. The van der Waals surface area contributed by atoms with Crippen LogP contribution in [0, 0.1) is 20.8 Å². The molecular formula is C13H20ClNO. The lowest BCUT2D eigenvalue weighted by Gasteiger charge is -2.27. The molecule has 1 aliphatic rings. The van der Waals surface area contributed by atoms with Crippen LogP contribution in [-0.4, -0.2) is 19.8 Å². The molecule has 0 amide bonds. The fourth-order valence-electron chi connectivity index (χ4n) is 2.49. The minimum absolute atomic E-state index is 0. The van der Waals surface area contributed by atoms with Gasteiger partial charge in [-0.2, -0.15) is 0 Å². The number of ether oxygens (including phenoxy) is 1. The second-order valence-corrected chi connectivity index (χ2v) is 4.39. The van der Waals surface area contributed by atoms with Crippen molar-refractivity contribution in [1.82, 2.24) is 5.32 Å². The standard InChI is InChI=1S/C13H19NO.ClH/c1-9-6-10(2)13(11(3)7-9)12-8-15-5-4-14-12;/h6-7,12,14H,4-5,8H2,1-3H3;1H/t12-;/m0./s1. The predicted octanol–water partition coefficient (Wildman–Crippen LogP) is 2.69. The summed E-state index contributed by atoms with van der Waals surface area (Å²) < 4.78 is 5.51. The molecule has 1 N–H and O–H groups in total. The van der Waals surface area contributed by atoms with Crippen molar-refractivity contribution in [3.63, 3.8) is 0 Å². The van der Waals surface area contributed by atoms with Gasteiger partial charge in [0.05, 0.1) is 19.3 Å². The molecule has 1 atom stereocenters. The number of hydrogen-bond donors (Lipinski definition) is 1. The Morgan fingerprint density at radius 1 is 1.19 bits per heavy atom. The van der Waals surface area contributed by atoms with Crippen LogP contribution in [0.3, 0.4) is 0 Å². The van der Waals surface area contributed by atoms with E-state index < -0.39 is 0 Å². The highest BCUT2D eigenvalue weighted by Crippen LogP contribution is 2.24. The molecule has 2 rings (SSSR count). The van der Waals surface area contributed by atoms with Crippen LogP contribution >= 0.6 is 12.4 Å². The molecule has 1 aromatic rings. The molecule has 1 aliphatic heterocycles. The molecule has 0 aromatic heterocycles. The van der Waals surface area contributed by atoms with Crippen LogP contribution in [-0.2, 0) is 4.74 Å². The van der Waals surface area contributed by atoms with Crippen LogP contribution in [0.25, 0.3) is 0 Å². The quantitative estimate of drug-likeness (QED) is 0.817. The summed E-state index contributed by atoms with van der Waals surface area (Å²) in [5.41, 5.74) is 5.50. The molecule has 0 unspecified atom stereocenters. The Labute approximate surface area is 104 Å². The van der Waals surface area contributed by atoms with Gasteiger partial charge < -0.3 is 10.1 Å². The highest BCUT2D eigenvalue weighted by molar-refractivity contribution is 5.85. The van der Waals surface area contributed by atoms with E-state index in [2.05, 4.69) is 38.2 Å². The number of hydrogen-bond acceptors (Lipinski definition) is 2. The molecule has 0 saturated carbocycles. The van der Waals surface area contributed by atoms with Gasteiger partial charge in [-0.05, 0) is 37.5 Å². The van der Waals surface area contributed by atoms with Gasteiger partial charge in [0.15, 0.2) is 0 Å². The molecule has 1 saturated heterocycles. The first-order valence-electron chi connectivity index (χ1n) is 5.57. The zero-order chi connectivity index (χ0) is 10.8. The van der Waals surface area contributed by atoms with E-state index in [-0.39, 0.29) is 12.4 Å². The van der Waals surface area contributed by atoms with Gasteiger partial charge in [-0.1, -0.05) is 17.7 Å². The van der Waals surface area contributed by atoms with E-state index in [1.807, 2.05) is 0 Å². The fraction of sp³-hybridized carbons (Fsp3) is 0.538. The van der Waals surface area contributed by atoms with Gasteiger partial charge in [0, 0.05) is 6.54 Å². The van der Waals surface area contributed by atoms with E-state index in [0.717, 1.165) is 19.8 Å². The largest absolute Gasteiger partial charge is 0.378 e. The minimum Gasteiger partial charge on any atom is -0.378 e. The van der Waals surface area contributed by atoms with Gasteiger partial charge in [0.1, 0.15) is 0 Å². The molecule has 1 heterocycles. The van der Waals surface area contributed by atoms with E-state index in [4.69, 9.17) is 4.74 Å². The summed E-state index contributed by atoms with van der Waals surface area (Å²) >= 11 is 0. The Hall–Kier alpha value is -0.570. The molecule has 0 radical (unpaired) electrons. The Kier molecular flexibility index (Phi) is 4.78. The third-order valence-electron chi connectivity index (χ3n) is 3.01. The average Bonchev–Trinajstić information content (AvgIpc) is 2.17. The molecule has 0 aliphatic carbocycles. The molecule has 0 bridgehead atoms. The summed E-state index contributed by atoms with van der Waals surface area (Å²) in [6.45, 7) is 9.11. The summed E-state index contributed by atoms with van der Waals surface area (Å²) in [4.78, 5) is 0. The maximum atomic E-state index is 5.51. The second-order valence-electron chi connectivity index (χ2n) is 4.39. The molecular weight excluding hydrogens is 222 g/mol. The van der Waals surface area contributed by atoms with Gasteiger partial charge in [-0.25, -0.2) is 0 Å². The smallest absolute Gasteiger partial charge is 0.0662 e. The summed E-state index contributed by atoms with van der Waals surface area (Å²) in [6, 6.07) is 4.87. The first kappa shape index (κ1) is 13.5. The predicted molar refractivity (Wildman–Crippen MR) is 69.5 cm³/mol. The molecule has 16 heavy (non-hydrogen) atoms. The SMILES string of the molecule is Cc1cc(C)c([C@@H]2COCCN2)c(C)c1.Cl. The lowest BCUT2D eigenvalue weighted by molar-refractivity contribution is 0.0765. The maximum Gasteiger partial charge on any atom is 0.0662 e. The van der Waals surface area contributed by atoms with E-state index >= 15 is 0 Å². The number of benzene rings is 1. The zero-order valence-electron chi connectivity index (χ0n) is 10.2. The Morgan fingerprint density at radius 3 is 2.31 bits per heavy atom. The number of rotatable bonds is 1. The lowest BCUT2D eigenvalue weighted by atomic mass is 9.94. The lowest BCUT2D eigenvalue weighted by Crippen LogP contribution is -2.35. The van der Waals surface area contributed by atoms with E-state index in [0.29, 0.717) is 6.04 Å². The molecule has 90 valence electrons. The zero-order valence-corrected chi connectivity index (χ0v) is 11.0. The average molecular weight is 242 g/mol. The monoisotopic (exact) mass is 241 g/mol. The van der Waals surface area contributed by atoms with Crippen LogP contribution < -0.4 is 5.32 Å². The van der Waals surface area contributed by atoms with Crippen LogP contribution in [0.5, 0.6) is 0 Å². The van der Waals surface area contributed by atoms with E-state index in [9.17, 15) is 0 Å². The molecule has 2 nitrogen and oxygen atoms in total. The summed E-state index contributed by atoms with van der Waals surface area (Å²) in [7, 11) is 0. The molecule has 1 fully saturated rings. The highest BCUT2D eigenvalue weighted by Gasteiger charge is 2.18. The highest BCUT2D eigenvalue weighted by atomic mass is 35.5. The van der Waals surface area contributed by atoms with Gasteiger partial charge >= 0.3 is 0 Å². The van der Waals surface area contributed by atoms with Crippen molar-refractivity contribution in [3.8, 4) is 0 Å². The van der Waals surface area contributed by atoms with Crippen LogP contribution in [0.2, 0.25) is 0 Å². The van der Waals surface area contributed by atoms with Crippen LogP contribution in [0.1, 0.15) is 28.3 Å². The Balaban J connectivity index is 0.00000128. The summed E-state index contributed by atoms with van der Waals surface area (Å²) in [6.07, 6.45) is 0. The van der Waals surface area contributed by atoms with Crippen molar-refractivity contribution in [3.05, 3.63) is 34.4 Å². The van der Waals surface area contributed by atoms with Crippen molar-refractivity contribution < 1.29 is 4.74 Å². The van der Waals surface area contributed by atoms with Gasteiger partial charge in [-0.15, -0.1) is 12.4 Å². The number of morpholine rings is 1. The van der Waals surface area contributed by atoms with Crippen molar-refractivity contribution >= 4 is 12.4 Å². The molecule has 3 heteroatoms. The summed E-state index contributed by atoms with van der Waals surface area (Å²) in [5, 5.41) is 3.51. The van der Waals surface area contributed by atoms with Crippen molar-refractivity contribution in [1.29, 1.82) is 0 Å². The maximum absolute atomic E-state index is 5.51. The van der Waals surface area contributed by atoms with Crippen LogP contribution in [0.4, 0.5) is 0 Å². The van der Waals surface area contributed by atoms with Gasteiger partial charge in [0.25, 0.3) is 0 Å². The minimum atomic E-state index is 0. The van der Waals surface area contributed by atoms with Gasteiger partial charge in [0.2, 0.25) is 0 Å².